The van der Waals surface area contributed by atoms with E-state index < -0.39 is 0 Å². The Morgan fingerprint density at radius 2 is 1.72 bits per heavy atom. The first-order valence-electron chi connectivity index (χ1n) is 8.62. The van der Waals surface area contributed by atoms with Gasteiger partial charge in [-0.25, -0.2) is 0 Å². The van der Waals surface area contributed by atoms with Crippen LogP contribution in [-0.4, -0.2) is 13.0 Å². The van der Waals surface area contributed by atoms with Crippen molar-refractivity contribution in [2.24, 2.45) is 0 Å². The minimum Gasteiger partial charge on any atom is -0.497 e. The van der Waals surface area contributed by atoms with Gasteiger partial charge in [0.15, 0.2) is 0 Å². The minimum atomic E-state index is -0.0146. The summed E-state index contributed by atoms with van der Waals surface area (Å²) < 4.78 is 5.23. The van der Waals surface area contributed by atoms with Gasteiger partial charge in [0.05, 0.1) is 13.2 Å². The summed E-state index contributed by atoms with van der Waals surface area (Å²) in [5, 5.41) is 0. The molecule has 1 unspecified atom stereocenters. The van der Waals surface area contributed by atoms with E-state index in [0.29, 0.717) is 0 Å². The Morgan fingerprint density at radius 1 is 1.00 bits per heavy atom. The molecule has 126 valence electrons. The first-order valence-corrected chi connectivity index (χ1v) is 8.62. The SMILES string of the molecule is COc1ccc(N2C(=O)/C(=C3\C=C(C)CC3)C2c2ccccc2)cc1. The molecule has 1 aliphatic carbocycles. The number of allylic oxidation sites excluding steroid dienone is 3. The van der Waals surface area contributed by atoms with Crippen LogP contribution in [0.25, 0.3) is 0 Å². The zero-order valence-corrected chi connectivity index (χ0v) is 14.5. The van der Waals surface area contributed by atoms with Gasteiger partial charge in [0.2, 0.25) is 0 Å². The molecule has 1 aliphatic heterocycles. The molecule has 2 aromatic carbocycles. The highest BCUT2D eigenvalue weighted by atomic mass is 16.5. The molecule has 1 fully saturated rings. The zero-order valence-electron chi connectivity index (χ0n) is 14.5. The molecule has 3 nitrogen and oxygen atoms in total. The number of hydrogen-bond acceptors (Lipinski definition) is 2. The van der Waals surface area contributed by atoms with Gasteiger partial charge in [-0.2, -0.15) is 0 Å². The lowest BCUT2D eigenvalue weighted by Gasteiger charge is -2.44. The summed E-state index contributed by atoms with van der Waals surface area (Å²) in [6, 6.07) is 17.9. The van der Waals surface area contributed by atoms with E-state index >= 15 is 0 Å². The zero-order chi connectivity index (χ0) is 17.4. The smallest absolute Gasteiger partial charge is 0.257 e. The van der Waals surface area contributed by atoms with E-state index in [-0.39, 0.29) is 11.9 Å². The molecule has 0 radical (unpaired) electrons. The van der Waals surface area contributed by atoms with Gasteiger partial charge >= 0.3 is 0 Å². The van der Waals surface area contributed by atoms with Gasteiger partial charge in [0.1, 0.15) is 5.75 Å². The summed E-state index contributed by atoms with van der Waals surface area (Å²) in [6.45, 7) is 2.13. The van der Waals surface area contributed by atoms with Gasteiger partial charge in [-0.15, -0.1) is 0 Å². The van der Waals surface area contributed by atoms with Crippen LogP contribution >= 0.6 is 0 Å². The molecule has 1 heterocycles. The number of benzene rings is 2. The van der Waals surface area contributed by atoms with Crippen molar-refractivity contribution >= 4 is 11.6 Å². The number of carbonyl (C=O) groups excluding carboxylic acids is 1. The van der Waals surface area contributed by atoms with Gasteiger partial charge in [0.25, 0.3) is 5.91 Å². The van der Waals surface area contributed by atoms with Crippen molar-refractivity contribution in [1.29, 1.82) is 0 Å². The molecule has 0 N–H and O–H groups in total. The first kappa shape index (κ1) is 15.7. The maximum absolute atomic E-state index is 13.0. The molecule has 4 rings (SSSR count). The van der Waals surface area contributed by atoms with E-state index in [1.54, 1.807) is 7.11 Å². The van der Waals surface area contributed by atoms with Crippen LogP contribution in [0.1, 0.15) is 31.4 Å². The third-order valence-corrected chi connectivity index (χ3v) is 5.00. The van der Waals surface area contributed by atoms with E-state index in [0.717, 1.165) is 35.4 Å². The van der Waals surface area contributed by atoms with E-state index in [4.69, 9.17) is 4.74 Å². The molecule has 2 aliphatic rings. The Kier molecular flexibility index (Phi) is 3.92. The Bertz CT molecular complexity index is 863. The molecule has 25 heavy (non-hydrogen) atoms. The van der Waals surface area contributed by atoms with Crippen LogP contribution in [0.5, 0.6) is 5.75 Å². The van der Waals surface area contributed by atoms with E-state index in [2.05, 4.69) is 25.1 Å². The largest absolute Gasteiger partial charge is 0.497 e. The van der Waals surface area contributed by atoms with Crippen molar-refractivity contribution in [1.82, 2.24) is 0 Å². The number of carbonyl (C=O) groups is 1. The molecule has 0 saturated carbocycles. The van der Waals surface area contributed by atoms with Gasteiger partial charge in [0, 0.05) is 11.3 Å². The van der Waals surface area contributed by atoms with Crippen LogP contribution in [-0.2, 0) is 4.79 Å². The van der Waals surface area contributed by atoms with E-state index in [1.807, 2.05) is 47.4 Å². The third-order valence-electron chi connectivity index (χ3n) is 5.00. The molecule has 1 saturated heterocycles. The summed E-state index contributed by atoms with van der Waals surface area (Å²) in [5.41, 5.74) is 5.55. The molecular formula is C22H21NO2. The maximum Gasteiger partial charge on any atom is 0.257 e. The Hall–Kier alpha value is -2.81. The average molecular weight is 331 g/mol. The van der Waals surface area contributed by atoms with Crippen molar-refractivity contribution in [3.8, 4) is 5.75 Å². The van der Waals surface area contributed by atoms with Crippen LogP contribution in [0.15, 0.2) is 77.4 Å². The number of hydrogen-bond donors (Lipinski definition) is 0. The van der Waals surface area contributed by atoms with Crippen LogP contribution in [0.3, 0.4) is 0 Å². The second kappa shape index (κ2) is 6.25. The quantitative estimate of drug-likeness (QED) is 0.596. The Morgan fingerprint density at radius 3 is 2.32 bits per heavy atom. The number of β-lactam (4-membered cyclic amide) rings is 1. The summed E-state index contributed by atoms with van der Waals surface area (Å²) in [4.78, 5) is 14.9. The van der Waals surface area contributed by atoms with E-state index in [1.165, 1.54) is 11.1 Å². The van der Waals surface area contributed by atoms with Gasteiger partial charge in [-0.05, 0) is 55.2 Å². The Balaban J connectivity index is 1.77. The summed E-state index contributed by atoms with van der Waals surface area (Å²) in [7, 11) is 1.65. The second-order valence-corrected chi connectivity index (χ2v) is 6.62. The second-order valence-electron chi connectivity index (χ2n) is 6.62. The van der Waals surface area contributed by atoms with E-state index in [9.17, 15) is 4.79 Å². The van der Waals surface area contributed by atoms with Gasteiger partial charge in [-0.3, -0.25) is 9.69 Å². The predicted molar refractivity (Wildman–Crippen MR) is 99.7 cm³/mol. The highest BCUT2D eigenvalue weighted by molar-refractivity contribution is 6.16. The molecule has 0 bridgehead atoms. The fraction of sp³-hybridized carbons (Fsp3) is 0.227. The highest BCUT2D eigenvalue weighted by Gasteiger charge is 2.45. The average Bonchev–Trinajstić information content (AvgIpc) is 3.06. The lowest BCUT2D eigenvalue weighted by molar-refractivity contribution is -0.119. The van der Waals surface area contributed by atoms with Crippen LogP contribution in [0, 0.1) is 0 Å². The van der Waals surface area contributed by atoms with Gasteiger partial charge in [-0.1, -0.05) is 42.0 Å². The summed E-state index contributed by atoms with van der Waals surface area (Å²) in [5.74, 6) is 0.904. The molecule has 0 spiro atoms. The van der Waals surface area contributed by atoms with Crippen LogP contribution < -0.4 is 9.64 Å². The van der Waals surface area contributed by atoms with Crippen molar-refractivity contribution in [2.75, 3.05) is 12.0 Å². The first-order chi connectivity index (χ1) is 12.2. The number of nitrogens with zero attached hydrogens (tertiary/aromatic N) is 1. The normalized spacial score (nSPS) is 22.6. The number of amides is 1. The monoisotopic (exact) mass is 331 g/mol. The van der Waals surface area contributed by atoms with Crippen molar-refractivity contribution in [2.45, 2.75) is 25.8 Å². The number of ether oxygens (including phenoxy) is 1. The third kappa shape index (κ3) is 2.66. The minimum absolute atomic E-state index is 0.0146. The maximum atomic E-state index is 13.0. The number of methoxy groups -OCH3 is 1. The standard InChI is InChI=1S/C22H21NO2/c1-15-8-9-17(14-15)20-21(16-6-4-3-5-7-16)23(22(20)24)18-10-12-19(25-2)13-11-18/h3-7,10-14,21H,8-9H2,1-2H3/b20-17-. The topological polar surface area (TPSA) is 29.5 Å². The van der Waals surface area contributed by atoms with Crippen LogP contribution in [0.2, 0.25) is 0 Å². The van der Waals surface area contributed by atoms with Crippen molar-refractivity contribution in [3.05, 3.63) is 83.0 Å². The lowest BCUT2D eigenvalue weighted by atomic mass is 9.83. The van der Waals surface area contributed by atoms with Crippen molar-refractivity contribution in [3.63, 3.8) is 0 Å². The molecule has 1 amide bonds. The number of rotatable bonds is 3. The fourth-order valence-electron chi connectivity index (χ4n) is 3.69. The molecule has 0 aromatic heterocycles. The lowest BCUT2D eigenvalue weighted by Crippen LogP contribution is -2.50. The Labute approximate surface area is 148 Å². The summed E-state index contributed by atoms with van der Waals surface area (Å²) in [6.07, 6.45) is 4.21. The predicted octanol–water partition coefficient (Wildman–Crippen LogP) is 4.82. The summed E-state index contributed by atoms with van der Waals surface area (Å²) >= 11 is 0. The highest BCUT2D eigenvalue weighted by Crippen LogP contribution is 2.46. The number of anilines is 1. The van der Waals surface area contributed by atoms with Crippen LogP contribution in [0.4, 0.5) is 5.69 Å². The molecular weight excluding hydrogens is 310 g/mol. The fourth-order valence-corrected chi connectivity index (χ4v) is 3.69. The molecule has 1 atom stereocenters. The van der Waals surface area contributed by atoms with Crippen molar-refractivity contribution < 1.29 is 9.53 Å². The molecule has 3 heteroatoms. The molecule has 2 aromatic rings. The van der Waals surface area contributed by atoms with Gasteiger partial charge < -0.3 is 4.74 Å².